The maximum atomic E-state index is 10.5. The van der Waals surface area contributed by atoms with Crippen LogP contribution in [0.5, 0.6) is 0 Å². The predicted octanol–water partition coefficient (Wildman–Crippen LogP) is -0.349. The molecule has 0 saturated carbocycles. The van der Waals surface area contributed by atoms with Gasteiger partial charge in [0, 0.05) is 6.42 Å². The number of rotatable bonds is 0. The van der Waals surface area contributed by atoms with Gasteiger partial charge in [-0.25, -0.2) is 0 Å². The van der Waals surface area contributed by atoms with E-state index in [1.807, 2.05) is 0 Å². The van der Waals surface area contributed by atoms with E-state index < -0.39 is 5.54 Å². The zero-order valence-electron chi connectivity index (χ0n) is 4.81. The smallest absolute Gasteiger partial charge is 0.325 e. The number of esters is 1. The Balaban J connectivity index is 2.68. The van der Waals surface area contributed by atoms with E-state index in [0.29, 0.717) is 13.0 Å². The van der Waals surface area contributed by atoms with Crippen LogP contribution in [0.25, 0.3) is 0 Å². The van der Waals surface area contributed by atoms with Gasteiger partial charge in [-0.3, -0.25) is 4.79 Å². The van der Waals surface area contributed by atoms with Crippen LogP contribution in [0.15, 0.2) is 0 Å². The van der Waals surface area contributed by atoms with Gasteiger partial charge in [-0.05, 0) is 6.92 Å². The van der Waals surface area contributed by atoms with Crippen molar-refractivity contribution in [3.05, 3.63) is 0 Å². The van der Waals surface area contributed by atoms with Crippen molar-refractivity contribution in [2.24, 2.45) is 5.73 Å². The average molecular weight is 115 g/mol. The van der Waals surface area contributed by atoms with E-state index in [1.165, 1.54) is 0 Å². The first-order valence-electron chi connectivity index (χ1n) is 2.59. The first kappa shape index (κ1) is 5.56. The highest BCUT2D eigenvalue weighted by Crippen LogP contribution is 2.14. The molecule has 1 atom stereocenters. The molecule has 0 unspecified atom stereocenters. The van der Waals surface area contributed by atoms with E-state index >= 15 is 0 Å². The Kier molecular flexibility index (Phi) is 1.01. The maximum absolute atomic E-state index is 10.5. The number of hydrogen-bond acceptors (Lipinski definition) is 3. The molecule has 0 aromatic carbocycles. The van der Waals surface area contributed by atoms with Crippen molar-refractivity contribution in [1.82, 2.24) is 0 Å². The second-order valence-electron chi connectivity index (χ2n) is 2.30. The van der Waals surface area contributed by atoms with E-state index in [9.17, 15) is 4.79 Å². The van der Waals surface area contributed by atoms with Crippen molar-refractivity contribution in [3.8, 4) is 0 Å². The Morgan fingerprint density at radius 1 is 1.88 bits per heavy atom. The van der Waals surface area contributed by atoms with E-state index in [2.05, 4.69) is 4.74 Å². The largest absolute Gasteiger partial charge is 0.464 e. The summed E-state index contributed by atoms with van der Waals surface area (Å²) in [6.45, 7) is 2.16. The lowest BCUT2D eigenvalue weighted by molar-refractivity contribution is -0.141. The molecule has 1 rings (SSSR count). The summed E-state index contributed by atoms with van der Waals surface area (Å²) < 4.78 is 4.60. The lowest BCUT2D eigenvalue weighted by atomic mass is 10.0. The lowest BCUT2D eigenvalue weighted by Crippen LogP contribution is -2.40. The fourth-order valence-electron chi connectivity index (χ4n) is 0.623. The second-order valence-corrected chi connectivity index (χ2v) is 2.30. The number of cyclic esters (lactones) is 1. The van der Waals surface area contributed by atoms with E-state index in [0.717, 1.165) is 0 Å². The second kappa shape index (κ2) is 1.45. The SMILES string of the molecule is C[C@]1(N)CCOC1=O. The van der Waals surface area contributed by atoms with Crippen LogP contribution in [0.3, 0.4) is 0 Å². The highest BCUT2D eigenvalue weighted by atomic mass is 16.5. The minimum Gasteiger partial charge on any atom is -0.464 e. The monoisotopic (exact) mass is 115 g/mol. The fourth-order valence-corrected chi connectivity index (χ4v) is 0.623. The quantitative estimate of drug-likeness (QED) is 0.439. The maximum Gasteiger partial charge on any atom is 0.325 e. The molecule has 2 N–H and O–H groups in total. The summed E-state index contributed by atoms with van der Waals surface area (Å²) in [5.41, 5.74) is 4.74. The van der Waals surface area contributed by atoms with Crippen LogP contribution >= 0.6 is 0 Å². The van der Waals surface area contributed by atoms with Gasteiger partial charge in [-0.2, -0.15) is 0 Å². The van der Waals surface area contributed by atoms with Gasteiger partial charge in [0.2, 0.25) is 0 Å². The van der Waals surface area contributed by atoms with Crippen molar-refractivity contribution in [1.29, 1.82) is 0 Å². The van der Waals surface area contributed by atoms with E-state index in [1.54, 1.807) is 6.92 Å². The molecule has 0 aromatic rings. The van der Waals surface area contributed by atoms with E-state index in [-0.39, 0.29) is 5.97 Å². The third kappa shape index (κ3) is 0.690. The molecule has 0 radical (unpaired) electrons. The summed E-state index contributed by atoms with van der Waals surface area (Å²) in [4.78, 5) is 10.5. The van der Waals surface area contributed by atoms with Gasteiger partial charge >= 0.3 is 5.97 Å². The van der Waals surface area contributed by atoms with Crippen molar-refractivity contribution in [3.63, 3.8) is 0 Å². The number of nitrogens with two attached hydrogens (primary N) is 1. The van der Waals surface area contributed by atoms with Crippen LogP contribution in [0.4, 0.5) is 0 Å². The van der Waals surface area contributed by atoms with Crippen LogP contribution in [-0.2, 0) is 9.53 Å². The van der Waals surface area contributed by atoms with Gasteiger partial charge in [0.05, 0.1) is 6.61 Å². The van der Waals surface area contributed by atoms with E-state index in [4.69, 9.17) is 5.73 Å². The molecule has 8 heavy (non-hydrogen) atoms. The molecule has 3 nitrogen and oxygen atoms in total. The summed E-state index contributed by atoms with van der Waals surface area (Å²) in [5, 5.41) is 0. The van der Waals surface area contributed by atoms with Gasteiger partial charge < -0.3 is 10.5 Å². The molecule has 0 aromatic heterocycles. The van der Waals surface area contributed by atoms with Crippen LogP contribution in [0, 0.1) is 0 Å². The van der Waals surface area contributed by atoms with Gasteiger partial charge in [0.25, 0.3) is 0 Å². The summed E-state index contributed by atoms with van der Waals surface area (Å²) in [7, 11) is 0. The summed E-state index contributed by atoms with van der Waals surface area (Å²) >= 11 is 0. The van der Waals surface area contributed by atoms with Crippen molar-refractivity contribution >= 4 is 5.97 Å². The molecular weight excluding hydrogens is 106 g/mol. The third-order valence-electron chi connectivity index (χ3n) is 1.32. The van der Waals surface area contributed by atoms with Gasteiger partial charge in [-0.15, -0.1) is 0 Å². The highest BCUT2D eigenvalue weighted by molar-refractivity contribution is 5.81. The standard InChI is InChI=1S/C5H9NO2/c1-5(6)2-3-8-4(5)7/h2-3,6H2,1H3/t5-/m0/s1. The van der Waals surface area contributed by atoms with Crippen molar-refractivity contribution < 1.29 is 9.53 Å². The molecule has 3 heteroatoms. The molecule has 0 amide bonds. The normalized spacial score (nSPS) is 37.5. The van der Waals surface area contributed by atoms with Crippen LogP contribution < -0.4 is 5.73 Å². The summed E-state index contributed by atoms with van der Waals surface area (Å²) in [6.07, 6.45) is 0.645. The molecule has 0 bridgehead atoms. The summed E-state index contributed by atoms with van der Waals surface area (Å²) in [6, 6.07) is 0. The van der Waals surface area contributed by atoms with Crippen molar-refractivity contribution in [2.75, 3.05) is 6.61 Å². The molecule has 0 aliphatic carbocycles. The minimum atomic E-state index is -0.708. The Morgan fingerprint density at radius 2 is 2.50 bits per heavy atom. The number of hydrogen-bond donors (Lipinski definition) is 1. The predicted molar refractivity (Wildman–Crippen MR) is 28.2 cm³/mol. The van der Waals surface area contributed by atoms with Crippen molar-refractivity contribution in [2.45, 2.75) is 18.9 Å². The lowest BCUT2D eigenvalue weighted by Gasteiger charge is -2.08. The molecule has 0 spiro atoms. The topological polar surface area (TPSA) is 52.3 Å². The molecule has 1 aliphatic heterocycles. The zero-order valence-corrected chi connectivity index (χ0v) is 4.81. The molecule has 1 aliphatic rings. The molecule has 1 heterocycles. The van der Waals surface area contributed by atoms with Crippen LogP contribution in [0.2, 0.25) is 0 Å². The first-order chi connectivity index (χ1) is 3.63. The van der Waals surface area contributed by atoms with Crippen LogP contribution in [-0.4, -0.2) is 18.1 Å². The Labute approximate surface area is 47.8 Å². The highest BCUT2D eigenvalue weighted by Gasteiger charge is 2.35. The Hall–Kier alpha value is -0.570. The zero-order chi connectivity index (χ0) is 6.20. The molecular formula is C5H9NO2. The number of carbonyl (C=O) groups excluding carboxylic acids is 1. The fraction of sp³-hybridized carbons (Fsp3) is 0.800. The molecule has 46 valence electrons. The van der Waals surface area contributed by atoms with Gasteiger partial charge in [0.1, 0.15) is 5.54 Å². The first-order valence-corrected chi connectivity index (χ1v) is 2.59. The molecule has 1 fully saturated rings. The third-order valence-corrected chi connectivity index (χ3v) is 1.32. The van der Waals surface area contributed by atoms with Gasteiger partial charge in [0.15, 0.2) is 0 Å². The van der Waals surface area contributed by atoms with Gasteiger partial charge in [-0.1, -0.05) is 0 Å². The number of ether oxygens (including phenoxy) is 1. The Bertz CT molecular complexity index is 120. The molecule has 1 saturated heterocycles. The van der Waals surface area contributed by atoms with Crippen LogP contribution in [0.1, 0.15) is 13.3 Å². The average Bonchev–Trinajstić information content (AvgIpc) is 1.86. The Morgan fingerprint density at radius 3 is 2.62 bits per heavy atom. The summed E-state index contributed by atoms with van der Waals surface area (Å²) in [5.74, 6) is -0.280. The number of carbonyl (C=O) groups is 1. The minimum absolute atomic E-state index is 0.280.